The van der Waals surface area contributed by atoms with Crippen molar-refractivity contribution in [3.8, 4) is 5.75 Å². The van der Waals surface area contributed by atoms with Gasteiger partial charge in [0.1, 0.15) is 12.3 Å². The van der Waals surface area contributed by atoms with Crippen LogP contribution < -0.4 is 15.0 Å². The number of nitrogens with one attached hydrogen (secondary N) is 2. The number of benzene rings is 2. The maximum atomic E-state index is 12.1. The van der Waals surface area contributed by atoms with Crippen LogP contribution in [0.5, 0.6) is 5.75 Å². The standard InChI is InChI=1S/C18H22N2O2/c1-14-4-6-15(7-5-14)12-20(2)13-18(21)19-16-8-10-17(22-3)11-9-16/h4-11H,12-13H2,1-3H3,(H,19,21)/p+1. The van der Waals surface area contributed by atoms with Gasteiger partial charge in [0, 0.05) is 11.3 Å². The second kappa shape index (κ2) is 7.61. The van der Waals surface area contributed by atoms with E-state index >= 15 is 0 Å². The number of hydrogen-bond donors (Lipinski definition) is 2. The molecule has 2 aromatic rings. The zero-order valence-corrected chi connectivity index (χ0v) is 13.3. The number of hydrogen-bond acceptors (Lipinski definition) is 2. The second-order valence-electron chi connectivity index (χ2n) is 5.57. The number of carbonyl (C=O) groups excluding carboxylic acids is 1. The number of likely N-dealkylation sites (N-methyl/N-ethyl adjacent to an activating group) is 1. The van der Waals surface area contributed by atoms with Crippen LogP contribution in [-0.2, 0) is 11.3 Å². The number of quaternary nitrogens is 1. The molecule has 0 saturated heterocycles. The molecule has 0 spiro atoms. The summed E-state index contributed by atoms with van der Waals surface area (Å²) in [6.45, 7) is 3.33. The monoisotopic (exact) mass is 299 g/mol. The topological polar surface area (TPSA) is 42.8 Å². The molecule has 0 saturated carbocycles. The lowest BCUT2D eigenvalue weighted by molar-refractivity contribution is -0.885. The number of amides is 1. The maximum absolute atomic E-state index is 12.1. The molecule has 2 aromatic carbocycles. The molecular weight excluding hydrogens is 276 g/mol. The molecule has 0 aliphatic rings. The van der Waals surface area contributed by atoms with E-state index in [0.717, 1.165) is 22.9 Å². The molecule has 0 bridgehead atoms. The minimum atomic E-state index is 0.00905. The van der Waals surface area contributed by atoms with Crippen LogP contribution in [0.25, 0.3) is 0 Å². The van der Waals surface area contributed by atoms with Gasteiger partial charge in [0.05, 0.1) is 14.2 Å². The lowest BCUT2D eigenvalue weighted by Gasteiger charge is -2.14. The van der Waals surface area contributed by atoms with Crippen LogP contribution in [0.2, 0.25) is 0 Å². The van der Waals surface area contributed by atoms with E-state index < -0.39 is 0 Å². The van der Waals surface area contributed by atoms with Crippen LogP contribution in [-0.4, -0.2) is 26.6 Å². The molecule has 1 unspecified atom stereocenters. The van der Waals surface area contributed by atoms with Crippen molar-refractivity contribution in [2.75, 3.05) is 26.0 Å². The van der Waals surface area contributed by atoms with E-state index in [1.54, 1.807) is 7.11 Å². The molecular formula is C18H23N2O2+. The smallest absolute Gasteiger partial charge is 0.279 e. The molecule has 0 fully saturated rings. The Labute approximate surface area is 131 Å². The first-order valence-electron chi connectivity index (χ1n) is 7.37. The van der Waals surface area contributed by atoms with E-state index in [1.807, 2.05) is 31.3 Å². The zero-order chi connectivity index (χ0) is 15.9. The van der Waals surface area contributed by atoms with E-state index in [2.05, 4.69) is 36.5 Å². The Kier molecular flexibility index (Phi) is 5.55. The Balaban J connectivity index is 1.83. The number of carbonyl (C=O) groups is 1. The fourth-order valence-electron chi connectivity index (χ4n) is 2.27. The molecule has 0 aliphatic carbocycles. The van der Waals surface area contributed by atoms with Crippen molar-refractivity contribution in [3.05, 3.63) is 59.7 Å². The van der Waals surface area contributed by atoms with Crippen LogP contribution in [0.3, 0.4) is 0 Å². The highest BCUT2D eigenvalue weighted by Crippen LogP contribution is 2.14. The number of rotatable bonds is 6. The van der Waals surface area contributed by atoms with Crippen molar-refractivity contribution in [1.29, 1.82) is 0 Å². The number of anilines is 1. The third-order valence-corrected chi connectivity index (χ3v) is 3.46. The quantitative estimate of drug-likeness (QED) is 0.852. The minimum Gasteiger partial charge on any atom is -0.497 e. The summed E-state index contributed by atoms with van der Waals surface area (Å²) in [5.74, 6) is 0.787. The van der Waals surface area contributed by atoms with Crippen molar-refractivity contribution in [1.82, 2.24) is 0 Å². The normalized spacial score (nSPS) is 11.8. The van der Waals surface area contributed by atoms with Gasteiger partial charge in [0.25, 0.3) is 5.91 Å². The molecule has 4 nitrogen and oxygen atoms in total. The molecule has 2 N–H and O–H groups in total. The van der Waals surface area contributed by atoms with Gasteiger partial charge in [-0.25, -0.2) is 0 Å². The van der Waals surface area contributed by atoms with E-state index in [-0.39, 0.29) is 5.91 Å². The van der Waals surface area contributed by atoms with E-state index in [0.29, 0.717) is 6.54 Å². The maximum Gasteiger partial charge on any atom is 0.279 e. The molecule has 22 heavy (non-hydrogen) atoms. The van der Waals surface area contributed by atoms with Crippen molar-refractivity contribution < 1.29 is 14.4 Å². The second-order valence-corrected chi connectivity index (χ2v) is 5.57. The summed E-state index contributed by atoms with van der Waals surface area (Å²) in [5, 5.41) is 2.90. The molecule has 4 heteroatoms. The first-order chi connectivity index (χ1) is 10.6. The number of methoxy groups -OCH3 is 1. The highest BCUT2D eigenvalue weighted by molar-refractivity contribution is 5.91. The summed E-state index contributed by atoms with van der Waals surface area (Å²) in [6.07, 6.45) is 0. The van der Waals surface area contributed by atoms with Crippen LogP contribution >= 0.6 is 0 Å². The highest BCUT2D eigenvalue weighted by Gasteiger charge is 2.10. The number of aryl methyl sites for hydroxylation is 1. The van der Waals surface area contributed by atoms with Crippen LogP contribution in [0.1, 0.15) is 11.1 Å². The molecule has 1 atom stereocenters. The van der Waals surface area contributed by atoms with Crippen LogP contribution in [0, 0.1) is 6.92 Å². The van der Waals surface area contributed by atoms with Gasteiger partial charge in [-0.05, 0) is 31.2 Å². The fourth-order valence-corrected chi connectivity index (χ4v) is 2.27. The van der Waals surface area contributed by atoms with Gasteiger partial charge in [-0.1, -0.05) is 29.8 Å². The SMILES string of the molecule is COc1ccc(NC(=O)C[NH+](C)Cc2ccc(C)cc2)cc1. The van der Waals surface area contributed by atoms with E-state index in [9.17, 15) is 4.79 Å². The molecule has 1 amide bonds. The lowest BCUT2D eigenvalue weighted by Crippen LogP contribution is -3.08. The molecule has 0 radical (unpaired) electrons. The van der Waals surface area contributed by atoms with Crippen molar-refractivity contribution >= 4 is 11.6 Å². The van der Waals surface area contributed by atoms with Gasteiger partial charge in [0.2, 0.25) is 0 Å². The summed E-state index contributed by atoms with van der Waals surface area (Å²) >= 11 is 0. The predicted octanol–water partition coefficient (Wildman–Crippen LogP) is 1.66. The molecule has 0 heterocycles. The average Bonchev–Trinajstić information content (AvgIpc) is 2.50. The molecule has 0 aliphatic heterocycles. The van der Waals surface area contributed by atoms with Gasteiger partial charge < -0.3 is 15.0 Å². The van der Waals surface area contributed by atoms with Gasteiger partial charge in [-0.3, -0.25) is 4.79 Å². The summed E-state index contributed by atoms with van der Waals surface area (Å²) in [6, 6.07) is 15.8. The van der Waals surface area contributed by atoms with E-state index in [4.69, 9.17) is 4.74 Å². The third kappa shape index (κ3) is 4.90. The van der Waals surface area contributed by atoms with Gasteiger partial charge in [-0.15, -0.1) is 0 Å². The average molecular weight is 299 g/mol. The summed E-state index contributed by atoms with van der Waals surface area (Å²) in [4.78, 5) is 13.2. The zero-order valence-electron chi connectivity index (χ0n) is 13.3. The predicted molar refractivity (Wildman–Crippen MR) is 88.3 cm³/mol. The van der Waals surface area contributed by atoms with Gasteiger partial charge in [0.15, 0.2) is 6.54 Å². The Hall–Kier alpha value is -2.33. The Morgan fingerprint density at radius 3 is 2.32 bits per heavy atom. The van der Waals surface area contributed by atoms with Crippen molar-refractivity contribution in [2.24, 2.45) is 0 Å². The third-order valence-electron chi connectivity index (χ3n) is 3.46. The molecule has 0 aromatic heterocycles. The lowest BCUT2D eigenvalue weighted by atomic mass is 10.1. The summed E-state index contributed by atoms with van der Waals surface area (Å²) in [7, 11) is 3.64. The van der Waals surface area contributed by atoms with E-state index in [1.165, 1.54) is 11.1 Å². The summed E-state index contributed by atoms with van der Waals surface area (Å²) < 4.78 is 5.10. The molecule has 2 rings (SSSR count). The first kappa shape index (κ1) is 16.0. The molecule has 116 valence electrons. The Morgan fingerprint density at radius 1 is 1.09 bits per heavy atom. The largest absolute Gasteiger partial charge is 0.497 e. The van der Waals surface area contributed by atoms with Crippen LogP contribution in [0.15, 0.2) is 48.5 Å². The minimum absolute atomic E-state index is 0.00905. The first-order valence-corrected chi connectivity index (χ1v) is 7.37. The Bertz CT molecular complexity index is 606. The number of ether oxygens (including phenoxy) is 1. The highest BCUT2D eigenvalue weighted by atomic mass is 16.5. The van der Waals surface area contributed by atoms with Crippen molar-refractivity contribution in [2.45, 2.75) is 13.5 Å². The van der Waals surface area contributed by atoms with Gasteiger partial charge >= 0.3 is 0 Å². The van der Waals surface area contributed by atoms with Gasteiger partial charge in [-0.2, -0.15) is 0 Å². The van der Waals surface area contributed by atoms with Crippen molar-refractivity contribution in [3.63, 3.8) is 0 Å². The summed E-state index contributed by atoms with van der Waals surface area (Å²) in [5.41, 5.74) is 3.27. The van der Waals surface area contributed by atoms with Crippen LogP contribution in [0.4, 0.5) is 5.69 Å². The fraction of sp³-hybridized carbons (Fsp3) is 0.278. The Morgan fingerprint density at radius 2 is 1.73 bits per heavy atom.